The van der Waals surface area contributed by atoms with E-state index in [9.17, 15) is 28.2 Å². The van der Waals surface area contributed by atoms with E-state index in [-0.39, 0.29) is 11.1 Å². The first-order valence-corrected chi connectivity index (χ1v) is 7.53. The quantitative estimate of drug-likeness (QED) is 0.330. The number of ketones is 2. The molecule has 9 nitrogen and oxygen atoms in total. The number of carbonyl (C=O) groups is 2. The van der Waals surface area contributed by atoms with Crippen molar-refractivity contribution in [3.05, 3.63) is 62.7 Å². The second kappa shape index (κ2) is 5.46. The molecule has 2 aliphatic carbocycles. The molecule has 2 aliphatic rings. The van der Waals surface area contributed by atoms with E-state index in [1.54, 1.807) is 0 Å². The molecule has 0 radical (unpaired) electrons. The van der Waals surface area contributed by atoms with Gasteiger partial charge in [-0.1, -0.05) is 29.4 Å². The fourth-order valence-corrected chi connectivity index (χ4v) is 3.27. The number of azide groups is 1. The normalized spacial score (nSPS) is 19.7. The van der Waals surface area contributed by atoms with Crippen LogP contribution in [0.5, 0.6) is 0 Å². The molecule has 0 aromatic heterocycles. The van der Waals surface area contributed by atoms with Gasteiger partial charge in [-0.3, -0.25) is 9.59 Å². The van der Waals surface area contributed by atoms with E-state index in [2.05, 4.69) is 10.0 Å². The van der Waals surface area contributed by atoms with E-state index in [1.807, 2.05) is 0 Å². The van der Waals surface area contributed by atoms with Gasteiger partial charge in [0.2, 0.25) is 16.1 Å². The van der Waals surface area contributed by atoms with Crippen molar-refractivity contribution in [2.75, 3.05) is 0 Å². The van der Waals surface area contributed by atoms with Gasteiger partial charge < -0.3 is 10.2 Å². The van der Waals surface area contributed by atoms with Crippen molar-refractivity contribution in [1.82, 2.24) is 0 Å². The highest BCUT2D eigenvalue weighted by Gasteiger charge is 2.44. The van der Waals surface area contributed by atoms with Crippen LogP contribution in [0.4, 0.5) is 0 Å². The summed E-state index contributed by atoms with van der Waals surface area (Å²) in [6, 6.07) is 5.80. The molecule has 0 saturated heterocycles. The lowest BCUT2D eigenvalue weighted by Gasteiger charge is -2.27. The third kappa shape index (κ3) is 1.98. The summed E-state index contributed by atoms with van der Waals surface area (Å²) in [5.41, 5.74) is 6.93. The molecule has 0 saturated carbocycles. The summed E-state index contributed by atoms with van der Waals surface area (Å²) < 4.78 is 22.7. The van der Waals surface area contributed by atoms with Gasteiger partial charge in [-0.15, -0.1) is 0 Å². The summed E-state index contributed by atoms with van der Waals surface area (Å²) in [6.45, 7) is 0. The van der Waals surface area contributed by atoms with Crippen LogP contribution in [0, 0.1) is 0 Å². The highest BCUT2D eigenvalue weighted by molar-refractivity contribution is 7.73. The molecule has 24 heavy (non-hydrogen) atoms. The van der Waals surface area contributed by atoms with Gasteiger partial charge in [0.25, 0.3) is 0 Å². The van der Waals surface area contributed by atoms with Gasteiger partial charge >= 0.3 is 0 Å². The van der Waals surface area contributed by atoms with E-state index in [1.165, 1.54) is 24.3 Å². The van der Waals surface area contributed by atoms with Crippen molar-refractivity contribution in [1.29, 1.82) is 0 Å². The number of aliphatic hydroxyl groups is 2. The summed E-state index contributed by atoms with van der Waals surface area (Å²) in [5.74, 6) is -2.55. The van der Waals surface area contributed by atoms with Crippen LogP contribution in [0.2, 0.25) is 0 Å². The monoisotopic (exact) mass is 345 g/mol. The number of nitrogens with zero attached hydrogens (tertiary/aromatic N) is 3. The first kappa shape index (κ1) is 15.7. The summed E-state index contributed by atoms with van der Waals surface area (Å²) in [5, 5.41) is 23.4. The average molecular weight is 345 g/mol. The highest BCUT2D eigenvalue weighted by Crippen LogP contribution is 2.39. The summed E-state index contributed by atoms with van der Waals surface area (Å²) in [6.07, 6.45) is -2.18. The predicted molar refractivity (Wildman–Crippen MR) is 81.4 cm³/mol. The van der Waals surface area contributed by atoms with Crippen molar-refractivity contribution < 1.29 is 28.2 Å². The van der Waals surface area contributed by atoms with Crippen LogP contribution >= 0.6 is 0 Å². The Morgan fingerprint density at radius 3 is 2.33 bits per heavy atom. The number of allylic oxidation sites excluding steroid dienone is 1. The Kier molecular flexibility index (Phi) is 3.57. The standard InChI is InChI=1S/C14H7N3O6S/c15-17-16-9-7-8(12(20)13(21)14(9)24(22)23)11(19)6-4-2-1-3-5(6)10(7)18/h1-4,13,19,21H. The molecular weight excluding hydrogens is 338 g/mol. The van der Waals surface area contributed by atoms with Gasteiger partial charge in [0, 0.05) is 21.6 Å². The maximum atomic E-state index is 12.7. The van der Waals surface area contributed by atoms with Crippen molar-refractivity contribution in [3.63, 3.8) is 0 Å². The molecule has 1 aromatic rings. The zero-order chi connectivity index (χ0) is 17.6. The molecule has 0 aliphatic heterocycles. The zero-order valence-corrected chi connectivity index (χ0v) is 12.5. The Bertz CT molecular complexity index is 1070. The van der Waals surface area contributed by atoms with E-state index in [0.717, 1.165) is 0 Å². The molecule has 0 spiro atoms. The first-order valence-electron chi connectivity index (χ1n) is 6.46. The average Bonchev–Trinajstić information content (AvgIpc) is 2.55. The Morgan fingerprint density at radius 2 is 1.75 bits per heavy atom. The smallest absolute Gasteiger partial charge is 0.220 e. The number of fused-ring (bicyclic) bond motifs is 2. The number of benzene rings is 1. The maximum absolute atomic E-state index is 12.7. The van der Waals surface area contributed by atoms with Crippen LogP contribution in [0.3, 0.4) is 0 Å². The minimum absolute atomic E-state index is 0.0135. The van der Waals surface area contributed by atoms with Gasteiger partial charge in [0.1, 0.15) is 10.6 Å². The lowest BCUT2D eigenvalue weighted by Crippen LogP contribution is -2.41. The zero-order valence-electron chi connectivity index (χ0n) is 11.7. The van der Waals surface area contributed by atoms with Crippen molar-refractivity contribution >= 4 is 32.5 Å². The van der Waals surface area contributed by atoms with E-state index in [4.69, 9.17) is 5.53 Å². The molecule has 1 aromatic carbocycles. The highest BCUT2D eigenvalue weighted by atomic mass is 32.2. The summed E-state index contributed by atoms with van der Waals surface area (Å²) in [7, 11) is -3.12. The second-order valence-electron chi connectivity index (χ2n) is 4.88. The number of rotatable bonds is 1. The minimum atomic E-state index is -3.12. The van der Waals surface area contributed by atoms with Crippen molar-refractivity contribution in [2.45, 2.75) is 6.10 Å². The molecule has 1 atom stereocenters. The van der Waals surface area contributed by atoms with Gasteiger partial charge in [0.15, 0.2) is 11.9 Å². The molecule has 1 unspecified atom stereocenters. The van der Waals surface area contributed by atoms with Gasteiger partial charge in [0.05, 0.1) is 11.3 Å². The molecule has 3 rings (SSSR count). The number of hydrogen-bond donors (Lipinski definition) is 2. The number of hydrogen-bond acceptors (Lipinski definition) is 7. The molecule has 10 heteroatoms. The molecular formula is C14H7N3O6S. The van der Waals surface area contributed by atoms with E-state index in [0.29, 0.717) is 0 Å². The minimum Gasteiger partial charge on any atom is -0.507 e. The number of carbonyl (C=O) groups excluding carboxylic acids is 2. The van der Waals surface area contributed by atoms with E-state index < -0.39 is 55.4 Å². The van der Waals surface area contributed by atoms with Crippen LogP contribution in [0.1, 0.15) is 15.9 Å². The lowest BCUT2D eigenvalue weighted by molar-refractivity contribution is -0.120. The topological polar surface area (TPSA) is 158 Å². The Balaban J connectivity index is 2.56. The first-order chi connectivity index (χ1) is 11.4. The molecule has 0 bridgehead atoms. The third-order valence-corrected chi connectivity index (χ3v) is 4.45. The van der Waals surface area contributed by atoms with Crippen LogP contribution in [0.15, 0.2) is 46.2 Å². The molecule has 120 valence electrons. The van der Waals surface area contributed by atoms with Crippen LogP contribution in [0.25, 0.3) is 16.2 Å². The fourth-order valence-electron chi connectivity index (χ4n) is 2.68. The van der Waals surface area contributed by atoms with Crippen LogP contribution in [-0.4, -0.2) is 41.2 Å². The fraction of sp³-hybridized carbons (Fsp3) is 0.0714. The summed E-state index contributed by atoms with van der Waals surface area (Å²) >= 11 is 0. The number of Topliss-reactive ketones (excluding diaryl/α,β-unsaturated/α-hetero) is 2. The van der Waals surface area contributed by atoms with Gasteiger partial charge in [-0.2, -0.15) is 8.42 Å². The van der Waals surface area contributed by atoms with E-state index >= 15 is 0 Å². The van der Waals surface area contributed by atoms with Crippen LogP contribution < -0.4 is 0 Å². The van der Waals surface area contributed by atoms with Gasteiger partial charge in [-0.25, -0.2) is 0 Å². The Hall–Kier alpha value is -3.20. The maximum Gasteiger partial charge on any atom is 0.220 e. The lowest BCUT2D eigenvalue weighted by atomic mass is 9.77. The van der Waals surface area contributed by atoms with Gasteiger partial charge in [-0.05, 0) is 5.53 Å². The third-order valence-electron chi connectivity index (χ3n) is 3.68. The molecule has 0 amide bonds. The molecule has 0 fully saturated rings. The number of aliphatic hydroxyl groups excluding tert-OH is 2. The second-order valence-corrected chi connectivity index (χ2v) is 5.79. The summed E-state index contributed by atoms with van der Waals surface area (Å²) in [4.78, 5) is 26.5. The van der Waals surface area contributed by atoms with Crippen molar-refractivity contribution in [3.8, 4) is 0 Å². The molecule has 2 N–H and O–H groups in total. The van der Waals surface area contributed by atoms with Crippen LogP contribution in [-0.2, 0) is 15.1 Å². The Labute approximate surface area is 135 Å². The van der Waals surface area contributed by atoms with Crippen molar-refractivity contribution in [2.24, 2.45) is 5.11 Å². The Morgan fingerprint density at radius 1 is 1.12 bits per heavy atom. The largest absolute Gasteiger partial charge is 0.507 e. The predicted octanol–water partition coefficient (Wildman–Crippen LogP) is 0.711. The molecule has 0 heterocycles. The SMILES string of the molecule is [N-]=[N+]=NC1=C2C(=O)c3ccccc3C(O)=C2C(=O)C(O)C1=S(=O)=O.